The maximum Gasteiger partial charge on any atom is 0.338 e. The van der Waals surface area contributed by atoms with E-state index in [9.17, 15) is 9.59 Å². The Morgan fingerprint density at radius 1 is 1.17 bits per heavy atom. The number of benzene rings is 1. The van der Waals surface area contributed by atoms with Gasteiger partial charge in [-0.2, -0.15) is 0 Å². The average Bonchev–Trinajstić information content (AvgIpc) is 3.07. The summed E-state index contributed by atoms with van der Waals surface area (Å²) >= 11 is 1.42. The van der Waals surface area contributed by atoms with Crippen LogP contribution in [0, 0.1) is 0 Å². The molecule has 162 valence electrons. The molecule has 30 heavy (non-hydrogen) atoms. The number of carbonyl (C=O) groups excluding carboxylic acids is 2. The van der Waals surface area contributed by atoms with Gasteiger partial charge >= 0.3 is 5.97 Å². The van der Waals surface area contributed by atoms with E-state index in [1.54, 1.807) is 38.2 Å². The number of methoxy groups -OCH3 is 3. The van der Waals surface area contributed by atoms with Crippen molar-refractivity contribution in [2.75, 3.05) is 34.5 Å². The first kappa shape index (κ1) is 22.2. The maximum atomic E-state index is 13.1. The van der Waals surface area contributed by atoms with Crippen LogP contribution in [0.4, 0.5) is 0 Å². The molecule has 1 aromatic carbocycles. The third kappa shape index (κ3) is 4.04. The molecule has 2 aliphatic heterocycles. The summed E-state index contributed by atoms with van der Waals surface area (Å²) in [4.78, 5) is 32.3. The van der Waals surface area contributed by atoms with Crippen molar-refractivity contribution < 1.29 is 28.5 Å². The highest BCUT2D eigenvalue weighted by Crippen LogP contribution is 2.45. The fraction of sp³-hybridized carbons (Fsp3) is 0.476. The van der Waals surface area contributed by atoms with Gasteiger partial charge in [0.1, 0.15) is 6.61 Å². The fourth-order valence-corrected chi connectivity index (χ4v) is 4.62. The zero-order valence-electron chi connectivity index (χ0n) is 17.8. The van der Waals surface area contributed by atoms with Crippen LogP contribution in [0.3, 0.4) is 0 Å². The molecule has 1 fully saturated rings. The summed E-state index contributed by atoms with van der Waals surface area (Å²) in [5, 5.41) is 0.362. The lowest BCUT2D eigenvalue weighted by Crippen LogP contribution is -2.41. The number of amidine groups is 1. The number of fused-ring (bicyclic) bond motifs is 1. The predicted octanol–water partition coefficient (Wildman–Crippen LogP) is 2.93. The fourth-order valence-electron chi connectivity index (χ4n) is 3.48. The van der Waals surface area contributed by atoms with Crippen molar-refractivity contribution >= 4 is 28.8 Å². The largest absolute Gasteiger partial charge is 0.493 e. The molecule has 0 aliphatic carbocycles. The number of esters is 1. The molecule has 8 nitrogen and oxygen atoms in total. The van der Waals surface area contributed by atoms with Crippen LogP contribution in [0.25, 0.3) is 0 Å². The Morgan fingerprint density at radius 2 is 1.90 bits per heavy atom. The first-order valence-electron chi connectivity index (χ1n) is 9.63. The standard InChI is InChI=1S/C21H26N2O6S/c1-6-16-19(24)23-18(13-7-8-14(27-4)15(11-13)28-5)17(12(2)22-21(23)30-16)20(25)29-10-9-26-3/h7-8,11,16,18H,6,9-10H2,1-5H3/t16-,18-/m1/s1. The molecule has 0 N–H and O–H groups in total. The Hall–Kier alpha value is -2.52. The number of rotatable bonds is 8. The van der Waals surface area contributed by atoms with Gasteiger partial charge in [-0.05, 0) is 31.0 Å². The lowest BCUT2D eigenvalue weighted by atomic mass is 9.94. The van der Waals surface area contributed by atoms with Crippen LogP contribution in [0.5, 0.6) is 11.5 Å². The van der Waals surface area contributed by atoms with Gasteiger partial charge in [0.2, 0.25) is 5.91 Å². The van der Waals surface area contributed by atoms with Crippen LogP contribution < -0.4 is 9.47 Å². The van der Waals surface area contributed by atoms with Gasteiger partial charge in [-0.25, -0.2) is 9.79 Å². The lowest BCUT2D eigenvalue weighted by molar-refractivity contribution is -0.141. The first-order valence-corrected chi connectivity index (χ1v) is 10.5. The highest BCUT2D eigenvalue weighted by Gasteiger charge is 2.47. The van der Waals surface area contributed by atoms with Crippen LogP contribution in [-0.2, 0) is 19.1 Å². The highest BCUT2D eigenvalue weighted by atomic mass is 32.2. The Morgan fingerprint density at radius 3 is 2.53 bits per heavy atom. The minimum absolute atomic E-state index is 0.0734. The van der Waals surface area contributed by atoms with Gasteiger partial charge in [0, 0.05) is 7.11 Å². The van der Waals surface area contributed by atoms with Crippen molar-refractivity contribution in [3.8, 4) is 11.5 Å². The molecule has 3 rings (SSSR count). The molecule has 2 atom stereocenters. The van der Waals surface area contributed by atoms with E-state index in [2.05, 4.69) is 4.99 Å². The zero-order valence-corrected chi connectivity index (χ0v) is 18.6. The molecule has 0 radical (unpaired) electrons. The zero-order chi connectivity index (χ0) is 21.8. The van der Waals surface area contributed by atoms with Gasteiger partial charge in [-0.3, -0.25) is 9.69 Å². The van der Waals surface area contributed by atoms with Crippen molar-refractivity contribution in [2.24, 2.45) is 4.99 Å². The van der Waals surface area contributed by atoms with Gasteiger partial charge in [-0.1, -0.05) is 24.8 Å². The molecular weight excluding hydrogens is 408 g/mol. The minimum atomic E-state index is -0.663. The molecule has 2 aliphatic rings. The average molecular weight is 435 g/mol. The number of aliphatic imine (C=N–C) groups is 1. The van der Waals surface area contributed by atoms with E-state index in [-0.39, 0.29) is 24.4 Å². The quantitative estimate of drug-likeness (QED) is 0.459. The van der Waals surface area contributed by atoms with Gasteiger partial charge in [0.25, 0.3) is 0 Å². The second-order valence-corrected chi connectivity index (χ2v) is 7.93. The summed E-state index contributed by atoms with van der Waals surface area (Å²) in [6.07, 6.45) is 0.671. The van der Waals surface area contributed by atoms with Gasteiger partial charge < -0.3 is 18.9 Å². The summed E-state index contributed by atoms with van der Waals surface area (Å²) < 4.78 is 21.1. The third-order valence-electron chi connectivity index (χ3n) is 4.99. The Labute approximate surface area is 180 Å². The van der Waals surface area contributed by atoms with Gasteiger partial charge in [0.15, 0.2) is 16.7 Å². The highest BCUT2D eigenvalue weighted by molar-refractivity contribution is 8.15. The Balaban J connectivity index is 2.09. The number of hydrogen-bond donors (Lipinski definition) is 0. The van der Waals surface area contributed by atoms with Crippen molar-refractivity contribution in [3.05, 3.63) is 35.0 Å². The molecule has 0 aromatic heterocycles. The van der Waals surface area contributed by atoms with E-state index in [4.69, 9.17) is 18.9 Å². The van der Waals surface area contributed by atoms with E-state index >= 15 is 0 Å². The van der Waals surface area contributed by atoms with Crippen LogP contribution >= 0.6 is 11.8 Å². The summed E-state index contributed by atoms with van der Waals surface area (Å²) in [7, 11) is 4.63. The van der Waals surface area contributed by atoms with E-state index in [1.807, 2.05) is 13.0 Å². The summed E-state index contributed by atoms with van der Waals surface area (Å²) in [5.41, 5.74) is 1.57. The van der Waals surface area contributed by atoms with Crippen molar-refractivity contribution in [1.82, 2.24) is 4.90 Å². The third-order valence-corrected chi connectivity index (χ3v) is 6.30. The molecule has 1 aromatic rings. The number of hydrogen-bond acceptors (Lipinski definition) is 8. The van der Waals surface area contributed by atoms with Gasteiger partial charge in [-0.15, -0.1) is 0 Å². The number of amides is 1. The number of allylic oxidation sites excluding steroid dienone is 1. The lowest BCUT2D eigenvalue weighted by Gasteiger charge is -2.33. The molecule has 0 spiro atoms. The monoisotopic (exact) mass is 434 g/mol. The van der Waals surface area contributed by atoms with Crippen molar-refractivity contribution in [2.45, 2.75) is 31.6 Å². The Kier molecular flexibility index (Phi) is 7.04. The Bertz CT molecular complexity index is 897. The van der Waals surface area contributed by atoms with Crippen LogP contribution in [0.15, 0.2) is 34.5 Å². The maximum absolute atomic E-state index is 13.1. The molecule has 1 amide bonds. The van der Waals surface area contributed by atoms with Gasteiger partial charge in [0.05, 0.1) is 43.4 Å². The summed E-state index contributed by atoms with van der Waals surface area (Å²) in [6, 6.07) is 4.69. The SMILES string of the molecule is CC[C@H]1SC2=NC(C)=C(C(=O)OCCOC)[C@@H](c3ccc(OC)c(OC)c3)N2C1=O. The van der Waals surface area contributed by atoms with Crippen LogP contribution in [-0.4, -0.2) is 61.7 Å². The van der Waals surface area contributed by atoms with E-state index < -0.39 is 12.0 Å². The first-order chi connectivity index (χ1) is 14.5. The van der Waals surface area contributed by atoms with E-state index in [0.29, 0.717) is 39.9 Å². The molecule has 0 saturated carbocycles. The van der Waals surface area contributed by atoms with Crippen LogP contribution in [0.2, 0.25) is 0 Å². The van der Waals surface area contributed by atoms with Crippen molar-refractivity contribution in [3.63, 3.8) is 0 Å². The number of thioether (sulfide) groups is 1. The number of carbonyl (C=O) groups is 2. The second kappa shape index (κ2) is 9.53. The molecular formula is C21H26N2O6S. The van der Waals surface area contributed by atoms with E-state index in [1.165, 1.54) is 18.9 Å². The van der Waals surface area contributed by atoms with E-state index in [0.717, 1.165) is 0 Å². The molecule has 1 saturated heterocycles. The number of ether oxygens (including phenoxy) is 4. The molecule has 2 heterocycles. The molecule has 9 heteroatoms. The van der Waals surface area contributed by atoms with Crippen molar-refractivity contribution in [1.29, 1.82) is 0 Å². The minimum Gasteiger partial charge on any atom is -0.493 e. The normalized spacial score (nSPS) is 20.8. The molecule has 0 bridgehead atoms. The topological polar surface area (TPSA) is 86.7 Å². The predicted molar refractivity (Wildman–Crippen MR) is 114 cm³/mol. The summed E-state index contributed by atoms with van der Waals surface area (Å²) in [6.45, 7) is 4.11. The smallest absolute Gasteiger partial charge is 0.338 e. The molecule has 0 unspecified atom stereocenters. The van der Waals surface area contributed by atoms with Crippen LogP contribution in [0.1, 0.15) is 31.9 Å². The number of nitrogens with zero attached hydrogens (tertiary/aromatic N) is 2. The summed E-state index contributed by atoms with van der Waals surface area (Å²) in [5.74, 6) is 0.472. The second-order valence-electron chi connectivity index (χ2n) is 6.76.